The number of piperazine rings is 1. The van der Waals surface area contributed by atoms with Gasteiger partial charge in [0.2, 0.25) is 11.8 Å². The van der Waals surface area contributed by atoms with Crippen LogP contribution in [-0.4, -0.2) is 73.6 Å². The Morgan fingerprint density at radius 2 is 1.90 bits per heavy atom. The van der Waals surface area contributed by atoms with Crippen LogP contribution in [0, 0.1) is 5.95 Å². The van der Waals surface area contributed by atoms with Crippen LogP contribution >= 0.6 is 0 Å². The minimum absolute atomic E-state index is 0.135. The second-order valence-corrected chi connectivity index (χ2v) is 8.16. The number of hydrogen-bond acceptors (Lipinski definition) is 6. The van der Waals surface area contributed by atoms with Gasteiger partial charge >= 0.3 is 0 Å². The van der Waals surface area contributed by atoms with Crippen molar-refractivity contribution in [2.24, 2.45) is 0 Å². The molecule has 30 heavy (non-hydrogen) atoms. The fourth-order valence-corrected chi connectivity index (χ4v) is 4.73. The zero-order valence-corrected chi connectivity index (χ0v) is 16.6. The summed E-state index contributed by atoms with van der Waals surface area (Å²) in [6.45, 7) is 3.09. The number of aromatic nitrogens is 4. The summed E-state index contributed by atoms with van der Waals surface area (Å²) in [5, 5.41) is 11.6. The molecule has 5 rings (SSSR count). The number of amides is 2. The Bertz CT molecular complexity index is 972. The fraction of sp³-hybridized carbons (Fsp3) is 0.550. The lowest BCUT2D eigenvalue weighted by Gasteiger charge is -2.43. The van der Waals surface area contributed by atoms with E-state index in [2.05, 4.69) is 25.4 Å². The van der Waals surface area contributed by atoms with Gasteiger partial charge in [0.1, 0.15) is 0 Å². The normalized spacial score (nSPS) is 21.9. The predicted molar refractivity (Wildman–Crippen MR) is 104 cm³/mol. The SMILES string of the molecule is O=C(NC1CCCC1)c1nnc2n1CCN1CCN(C(=O)c3ccnc(F)c3)C[C@H]21. The molecule has 0 bridgehead atoms. The van der Waals surface area contributed by atoms with E-state index in [0.29, 0.717) is 37.8 Å². The van der Waals surface area contributed by atoms with E-state index >= 15 is 0 Å². The van der Waals surface area contributed by atoms with Crippen molar-refractivity contribution in [2.75, 3.05) is 26.2 Å². The first-order chi connectivity index (χ1) is 14.6. The molecule has 1 aliphatic carbocycles. The van der Waals surface area contributed by atoms with Gasteiger partial charge < -0.3 is 14.8 Å². The quantitative estimate of drug-likeness (QED) is 0.754. The molecular formula is C20H24FN7O2. The molecule has 2 amide bonds. The van der Waals surface area contributed by atoms with E-state index in [4.69, 9.17) is 0 Å². The maximum absolute atomic E-state index is 13.4. The number of rotatable bonds is 3. The number of carbonyl (C=O) groups is 2. The van der Waals surface area contributed by atoms with Crippen molar-refractivity contribution in [3.63, 3.8) is 0 Å². The number of halogens is 1. The third kappa shape index (κ3) is 3.45. The van der Waals surface area contributed by atoms with Gasteiger partial charge in [0.25, 0.3) is 11.8 Å². The molecule has 1 atom stereocenters. The molecule has 0 spiro atoms. The summed E-state index contributed by atoms with van der Waals surface area (Å²) in [7, 11) is 0. The molecule has 2 aromatic rings. The van der Waals surface area contributed by atoms with Gasteiger partial charge in [-0.2, -0.15) is 4.39 Å². The molecule has 0 unspecified atom stereocenters. The molecular weight excluding hydrogens is 389 g/mol. The minimum atomic E-state index is -0.671. The average Bonchev–Trinajstić information content (AvgIpc) is 3.42. The van der Waals surface area contributed by atoms with Crippen LogP contribution in [0.1, 0.15) is 58.5 Å². The van der Waals surface area contributed by atoms with Gasteiger partial charge in [-0.1, -0.05) is 12.8 Å². The molecule has 2 fully saturated rings. The molecule has 3 aliphatic rings. The molecule has 1 saturated carbocycles. The fourth-order valence-electron chi connectivity index (χ4n) is 4.73. The largest absolute Gasteiger partial charge is 0.347 e. The third-order valence-corrected chi connectivity index (χ3v) is 6.33. The first kappa shape index (κ1) is 19.1. The van der Waals surface area contributed by atoms with Crippen molar-refractivity contribution in [3.05, 3.63) is 41.5 Å². The molecule has 2 aromatic heterocycles. The Labute approximate surface area is 173 Å². The molecule has 1 saturated heterocycles. The van der Waals surface area contributed by atoms with Crippen LogP contribution in [0.5, 0.6) is 0 Å². The topological polar surface area (TPSA) is 96.3 Å². The second kappa shape index (κ2) is 7.75. The summed E-state index contributed by atoms with van der Waals surface area (Å²) in [6, 6.07) is 2.76. The average molecular weight is 413 g/mol. The van der Waals surface area contributed by atoms with Crippen molar-refractivity contribution in [1.82, 2.24) is 34.9 Å². The molecule has 0 radical (unpaired) electrons. The highest BCUT2D eigenvalue weighted by Gasteiger charge is 2.38. The summed E-state index contributed by atoms with van der Waals surface area (Å²) >= 11 is 0. The molecule has 1 N–H and O–H groups in total. The summed E-state index contributed by atoms with van der Waals surface area (Å²) in [4.78, 5) is 33.1. The van der Waals surface area contributed by atoms with Crippen LogP contribution < -0.4 is 5.32 Å². The summed E-state index contributed by atoms with van der Waals surface area (Å²) in [5.41, 5.74) is 0.282. The highest BCUT2D eigenvalue weighted by molar-refractivity contribution is 5.94. The van der Waals surface area contributed by atoms with Crippen LogP contribution in [0.2, 0.25) is 0 Å². The van der Waals surface area contributed by atoms with E-state index in [1.165, 1.54) is 12.3 Å². The summed E-state index contributed by atoms with van der Waals surface area (Å²) in [5.74, 6) is -0.0286. The lowest BCUT2D eigenvalue weighted by Crippen LogP contribution is -2.53. The van der Waals surface area contributed by atoms with Crippen LogP contribution in [0.15, 0.2) is 18.3 Å². The van der Waals surface area contributed by atoms with Gasteiger partial charge in [-0.25, -0.2) is 4.98 Å². The van der Waals surface area contributed by atoms with E-state index in [-0.39, 0.29) is 29.5 Å². The van der Waals surface area contributed by atoms with E-state index in [1.54, 1.807) is 4.90 Å². The monoisotopic (exact) mass is 413 g/mol. The lowest BCUT2D eigenvalue weighted by atomic mass is 10.1. The van der Waals surface area contributed by atoms with Crippen LogP contribution in [0.25, 0.3) is 0 Å². The number of fused-ring (bicyclic) bond motifs is 3. The summed E-state index contributed by atoms with van der Waals surface area (Å²) < 4.78 is 15.3. The van der Waals surface area contributed by atoms with Gasteiger partial charge in [-0.15, -0.1) is 10.2 Å². The van der Waals surface area contributed by atoms with Gasteiger partial charge in [0.15, 0.2) is 5.82 Å². The first-order valence-corrected chi connectivity index (χ1v) is 10.5. The Morgan fingerprint density at radius 3 is 2.70 bits per heavy atom. The molecule has 4 heterocycles. The van der Waals surface area contributed by atoms with Crippen molar-refractivity contribution >= 4 is 11.8 Å². The van der Waals surface area contributed by atoms with Crippen LogP contribution in [-0.2, 0) is 6.54 Å². The molecule has 0 aromatic carbocycles. The van der Waals surface area contributed by atoms with Crippen LogP contribution in [0.3, 0.4) is 0 Å². The maximum Gasteiger partial charge on any atom is 0.289 e. The second-order valence-electron chi connectivity index (χ2n) is 8.16. The minimum Gasteiger partial charge on any atom is -0.347 e. The molecule has 2 aliphatic heterocycles. The molecule has 10 heteroatoms. The summed E-state index contributed by atoms with van der Waals surface area (Å²) in [6.07, 6.45) is 5.60. The van der Waals surface area contributed by atoms with Gasteiger partial charge in [0.05, 0.1) is 6.04 Å². The van der Waals surface area contributed by atoms with Gasteiger partial charge in [-0.05, 0) is 18.9 Å². The first-order valence-electron chi connectivity index (χ1n) is 10.5. The lowest BCUT2D eigenvalue weighted by molar-refractivity contribution is 0.0372. The van der Waals surface area contributed by atoms with Crippen molar-refractivity contribution in [1.29, 1.82) is 0 Å². The standard InChI is InChI=1S/C20H24FN7O2/c21-16-11-13(5-6-22-16)20(30)27-8-7-26-9-10-28-17(15(26)12-27)24-25-18(28)19(29)23-14-3-1-2-4-14/h5-6,11,14-15H,1-4,7-10,12H2,(H,23,29)/t15-/m1/s1. The zero-order valence-electron chi connectivity index (χ0n) is 16.6. The van der Waals surface area contributed by atoms with Crippen molar-refractivity contribution < 1.29 is 14.0 Å². The molecule has 158 valence electrons. The highest BCUT2D eigenvalue weighted by atomic mass is 19.1. The van der Waals surface area contributed by atoms with E-state index in [9.17, 15) is 14.0 Å². The number of carbonyl (C=O) groups excluding carboxylic acids is 2. The van der Waals surface area contributed by atoms with Gasteiger partial charge in [0, 0.05) is 56.6 Å². The zero-order chi connectivity index (χ0) is 20.7. The number of nitrogens with one attached hydrogen (secondary N) is 1. The third-order valence-electron chi connectivity index (χ3n) is 6.33. The van der Waals surface area contributed by atoms with E-state index in [0.717, 1.165) is 38.3 Å². The van der Waals surface area contributed by atoms with Crippen molar-refractivity contribution in [3.8, 4) is 0 Å². The molecule has 9 nitrogen and oxygen atoms in total. The Balaban J connectivity index is 1.34. The van der Waals surface area contributed by atoms with Crippen molar-refractivity contribution in [2.45, 2.75) is 44.3 Å². The predicted octanol–water partition coefficient (Wildman–Crippen LogP) is 0.997. The smallest absolute Gasteiger partial charge is 0.289 e. The highest BCUT2D eigenvalue weighted by Crippen LogP contribution is 2.29. The maximum atomic E-state index is 13.4. The Kier molecular flexibility index (Phi) is 4.93. The number of pyridine rings is 1. The number of hydrogen-bond donors (Lipinski definition) is 1. The number of nitrogens with zero attached hydrogens (tertiary/aromatic N) is 6. The van der Waals surface area contributed by atoms with E-state index < -0.39 is 5.95 Å². The Morgan fingerprint density at radius 1 is 1.10 bits per heavy atom. The van der Waals surface area contributed by atoms with E-state index in [1.807, 2.05) is 4.57 Å². The Hall–Kier alpha value is -2.88. The van der Waals surface area contributed by atoms with Crippen LogP contribution in [0.4, 0.5) is 4.39 Å². The van der Waals surface area contributed by atoms with Gasteiger partial charge in [-0.3, -0.25) is 14.5 Å².